The zero-order valence-electron chi connectivity index (χ0n) is 11.6. The average Bonchev–Trinajstić information content (AvgIpc) is 2.72. The van der Waals surface area contributed by atoms with Crippen molar-refractivity contribution in [2.75, 3.05) is 0 Å². The first-order chi connectivity index (χ1) is 8.96. The van der Waals surface area contributed by atoms with E-state index in [2.05, 4.69) is 19.2 Å². The molecule has 3 heteroatoms. The Kier molecular flexibility index (Phi) is 2.95. The lowest BCUT2D eigenvalue weighted by Gasteiger charge is -2.41. The number of rotatable bonds is 3. The number of benzene rings is 1. The summed E-state index contributed by atoms with van der Waals surface area (Å²) in [6.07, 6.45) is 2.87. The molecule has 104 valence electrons. The first kappa shape index (κ1) is 13.1. The molecule has 2 fully saturated rings. The predicted octanol–water partition coefficient (Wildman–Crippen LogP) is 2.85. The number of halogens is 1. The molecule has 2 bridgehead atoms. The summed E-state index contributed by atoms with van der Waals surface area (Å²) in [7, 11) is 0. The monoisotopic (exact) mass is 263 g/mol. The highest BCUT2D eigenvalue weighted by Gasteiger charge is 2.63. The first-order valence-electron chi connectivity index (χ1n) is 7.13. The van der Waals surface area contributed by atoms with E-state index in [0.29, 0.717) is 12.5 Å². The number of fused-ring (bicyclic) bond motifs is 2. The van der Waals surface area contributed by atoms with E-state index in [1.807, 2.05) is 0 Å². The third-order valence-electron chi connectivity index (χ3n) is 5.66. The van der Waals surface area contributed by atoms with Crippen molar-refractivity contribution in [3.05, 3.63) is 35.6 Å². The molecule has 3 atom stereocenters. The van der Waals surface area contributed by atoms with Gasteiger partial charge in [0.15, 0.2) is 0 Å². The van der Waals surface area contributed by atoms with Crippen LogP contribution in [0.1, 0.15) is 38.7 Å². The minimum absolute atomic E-state index is 0.131. The summed E-state index contributed by atoms with van der Waals surface area (Å²) in [5.41, 5.74) is 1.02. The normalized spacial score (nSPS) is 35.8. The standard InChI is InChI=1S/C16H22FNO/c1-15(2)12-7-8-16(15,14(19)9-12)18-10-11-3-5-13(17)6-4-11/h3-6,12,14,18-19H,7-10H2,1-2H3. The number of hydrogen-bond donors (Lipinski definition) is 2. The number of hydrogen-bond acceptors (Lipinski definition) is 2. The largest absolute Gasteiger partial charge is 0.391 e. The summed E-state index contributed by atoms with van der Waals surface area (Å²) in [4.78, 5) is 0. The van der Waals surface area contributed by atoms with E-state index in [-0.39, 0.29) is 22.9 Å². The van der Waals surface area contributed by atoms with Gasteiger partial charge in [-0.1, -0.05) is 26.0 Å². The van der Waals surface area contributed by atoms with Crippen LogP contribution < -0.4 is 5.32 Å². The predicted molar refractivity (Wildman–Crippen MR) is 73.1 cm³/mol. The van der Waals surface area contributed by atoms with Crippen LogP contribution in [0.25, 0.3) is 0 Å². The topological polar surface area (TPSA) is 32.3 Å². The summed E-state index contributed by atoms with van der Waals surface area (Å²) < 4.78 is 12.9. The second kappa shape index (κ2) is 4.29. The second-order valence-corrected chi connectivity index (χ2v) is 6.66. The van der Waals surface area contributed by atoms with Crippen molar-refractivity contribution in [3.8, 4) is 0 Å². The SMILES string of the molecule is CC1(C)C2CCC1(NCc1ccc(F)cc1)C(O)C2. The van der Waals surface area contributed by atoms with Crippen LogP contribution in [0.2, 0.25) is 0 Å². The third-order valence-corrected chi connectivity index (χ3v) is 5.66. The second-order valence-electron chi connectivity index (χ2n) is 6.66. The van der Waals surface area contributed by atoms with Crippen molar-refractivity contribution in [3.63, 3.8) is 0 Å². The summed E-state index contributed by atoms with van der Waals surface area (Å²) in [5.74, 6) is 0.410. The smallest absolute Gasteiger partial charge is 0.123 e. The molecule has 2 nitrogen and oxygen atoms in total. The van der Waals surface area contributed by atoms with Crippen LogP contribution in [0.4, 0.5) is 4.39 Å². The minimum Gasteiger partial charge on any atom is -0.391 e. The van der Waals surface area contributed by atoms with Gasteiger partial charge in [-0.2, -0.15) is 0 Å². The fraction of sp³-hybridized carbons (Fsp3) is 0.625. The Morgan fingerprint density at radius 3 is 2.53 bits per heavy atom. The quantitative estimate of drug-likeness (QED) is 0.879. The molecule has 0 spiro atoms. The Morgan fingerprint density at radius 2 is 2.00 bits per heavy atom. The molecule has 2 aliphatic carbocycles. The van der Waals surface area contributed by atoms with Gasteiger partial charge in [-0.25, -0.2) is 4.39 Å². The van der Waals surface area contributed by atoms with Gasteiger partial charge in [0.1, 0.15) is 5.82 Å². The Balaban J connectivity index is 1.77. The van der Waals surface area contributed by atoms with E-state index in [1.54, 1.807) is 12.1 Å². The van der Waals surface area contributed by atoms with Crippen LogP contribution in [0.5, 0.6) is 0 Å². The van der Waals surface area contributed by atoms with Crippen molar-refractivity contribution in [2.45, 2.75) is 51.3 Å². The van der Waals surface area contributed by atoms with Crippen LogP contribution in [-0.2, 0) is 6.54 Å². The first-order valence-corrected chi connectivity index (χ1v) is 7.13. The molecule has 3 rings (SSSR count). The fourth-order valence-electron chi connectivity index (χ4n) is 4.22. The molecule has 0 aromatic heterocycles. The van der Waals surface area contributed by atoms with Gasteiger partial charge in [0.25, 0.3) is 0 Å². The summed E-state index contributed by atoms with van der Waals surface area (Å²) in [6.45, 7) is 5.21. The van der Waals surface area contributed by atoms with Gasteiger partial charge >= 0.3 is 0 Å². The average molecular weight is 263 g/mol. The van der Waals surface area contributed by atoms with E-state index in [1.165, 1.54) is 18.6 Å². The maximum Gasteiger partial charge on any atom is 0.123 e. The molecule has 0 radical (unpaired) electrons. The molecular weight excluding hydrogens is 241 g/mol. The fourth-order valence-corrected chi connectivity index (χ4v) is 4.22. The van der Waals surface area contributed by atoms with Crippen LogP contribution in [0.3, 0.4) is 0 Å². The molecule has 0 saturated heterocycles. The highest BCUT2D eigenvalue weighted by molar-refractivity contribution is 5.21. The Bertz CT molecular complexity index is 470. The van der Waals surface area contributed by atoms with Crippen LogP contribution in [0, 0.1) is 17.2 Å². The molecule has 0 amide bonds. The van der Waals surface area contributed by atoms with Gasteiger partial charge in [0.2, 0.25) is 0 Å². The van der Waals surface area contributed by atoms with Crippen molar-refractivity contribution in [1.82, 2.24) is 5.32 Å². The lowest BCUT2D eigenvalue weighted by Crippen LogP contribution is -2.57. The zero-order chi connectivity index (χ0) is 13.7. The summed E-state index contributed by atoms with van der Waals surface area (Å²) in [5, 5.41) is 14.0. The Hall–Kier alpha value is -0.930. The van der Waals surface area contributed by atoms with Crippen LogP contribution >= 0.6 is 0 Å². The molecule has 19 heavy (non-hydrogen) atoms. The molecule has 2 N–H and O–H groups in total. The highest BCUT2D eigenvalue weighted by Crippen LogP contribution is 2.60. The number of aliphatic hydroxyl groups is 1. The molecule has 3 unspecified atom stereocenters. The number of aliphatic hydroxyl groups excluding tert-OH is 1. The van der Waals surface area contributed by atoms with Gasteiger partial charge in [-0.15, -0.1) is 0 Å². The van der Waals surface area contributed by atoms with Crippen molar-refractivity contribution in [1.29, 1.82) is 0 Å². The van der Waals surface area contributed by atoms with Crippen LogP contribution in [-0.4, -0.2) is 16.7 Å². The van der Waals surface area contributed by atoms with Crippen LogP contribution in [0.15, 0.2) is 24.3 Å². The van der Waals surface area contributed by atoms with E-state index in [0.717, 1.165) is 18.4 Å². The van der Waals surface area contributed by atoms with E-state index in [9.17, 15) is 9.50 Å². The summed E-state index contributed by atoms with van der Waals surface area (Å²) in [6, 6.07) is 6.59. The molecule has 2 aliphatic rings. The molecule has 0 aliphatic heterocycles. The van der Waals surface area contributed by atoms with Gasteiger partial charge in [-0.05, 0) is 48.3 Å². The lowest BCUT2D eigenvalue weighted by molar-refractivity contribution is 0.0366. The maximum absolute atomic E-state index is 12.9. The van der Waals surface area contributed by atoms with E-state index < -0.39 is 0 Å². The Morgan fingerprint density at radius 1 is 1.32 bits per heavy atom. The summed E-state index contributed by atoms with van der Waals surface area (Å²) >= 11 is 0. The van der Waals surface area contributed by atoms with E-state index in [4.69, 9.17) is 0 Å². The molecular formula is C16H22FNO. The molecule has 1 aromatic carbocycles. The Labute approximate surface area is 114 Å². The molecule has 1 aromatic rings. The van der Waals surface area contributed by atoms with Crippen molar-refractivity contribution < 1.29 is 9.50 Å². The lowest BCUT2D eigenvalue weighted by atomic mass is 9.75. The van der Waals surface area contributed by atoms with Crippen molar-refractivity contribution >= 4 is 0 Å². The zero-order valence-corrected chi connectivity index (χ0v) is 11.6. The van der Waals surface area contributed by atoms with E-state index >= 15 is 0 Å². The maximum atomic E-state index is 12.9. The third kappa shape index (κ3) is 1.83. The van der Waals surface area contributed by atoms with Gasteiger partial charge < -0.3 is 10.4 Å². The molecule has 2 saturated carbocycles. The molecule has 0 heterocycles. The van der Waals surface area contributed by atoms with Gasteiger partial charge in [-0.3, -0.25) is 0 Å². The number of nitrogens with one attached hydrogen (secondary N) is 1. The van der Waals surface area contributed by atoms with Gasteiger partial charge in [0, 0.05) is 12.1 Å². The van der Waals surface area contributed by atoms with Crippen molar-refractivity contribution in [2.24, 2.45) is 11.3 Å². The minimum atomic E-state index is -0.262. The van der Waals surface area contributed by atoms with Gasteiger partial charge in [0.05, 0.1) is 6.10 Å². The highest BCUT2D eigenvalue weighted by atomic mass is 19.1.